The fourth-order valence-electron chi connectivity index (χ4n) is 5.17. The Labute approximate surface area is 115 Å². The molecule has 0 amide bonds. The van der Waals surface area contributed by atoms with Gasteiger partial charge in [0.15, 0.2) is 0 Å². The van der Waals surface area contributed by atoms with E-state index in [1.807, 2.05) is 0 Å². The average molecular weight is 264 g/mol. The molecule has 0 aromatic carbocycles. The molecule has 0 saturated heterocycles. The average Bonchev–Trinajstić information content (AvgIpc) is 2.32. The fourth-order valence-corrected chi connectivity index (χ4v) is 5.17. The molecule has 0 aromatic heterocycles. The fraction of sp³-hybridized carbons (Fsp3) is 0.812. The quantitative estimate of drug-likeness (QED) is 0.627. The van der Waals surface area contributed by atoms with Gasteiger partial charge in [-0.3, -0.25) is 0 Å². The summed E-state index contributed by atoms with van der Waals surface area (Å²) in [5.74, 6) is 1.85. The Hall–Kier alpha value is -0.830. The van der Waals surface area contributed by atoms with Crippen LogP contribution in [0, 0.1) is 23.2 Å². The summed E-state index contributed by atoms with van der Waals surface area (Å²) in [5, 5.41) is 9.43. The summed E-state index contributed by atoms with van der Waals surface area (Å²) in [4.78, 5) is 11.9. The van der Waals surface area contributed by atoms with Crippen molar-refractivity contribution >= 4 is 5.97 Å². The second kappa shape index (κ2) is 4.62. The van der Waals surface area contributed by atoms with Crippen LogP contribution in [-0.2, 0) is 9.53 Å². The highest BCUT2D eigenvalue weighted by Crippen LogP contribution is 2.62. The van der Waals surface area contributed by atoms with Crippen LogP contribution in [0.4, 0.5) is 0 Å². The van der Waals surface area contributed by atoms with Crippen molar-refractivity contribution in [2.75, 3.05) is 6.61 Å². The summed E-state index contributed by atoms with van der Waals surface area (Å²) >= 11 is 0. The Morgan fingerprint density at radius 1 is 1.32 bits per heavy atom. The summed E-state index contributed by atoms with van der Waals surface area (Å²) in [5.41, 5.74) is 0.530. The van der Waals surface area contributed by atoms with Gasteiger partial charge < -0.3 is 9.84 Å². The van der Waals surface area contributed by atoms with Crippen molar-refractivity contribution in [1.82, 2.24) is 0 Å². The number of ether oxygens (including phenoxy) is 1. The first-order valence-electron chi connectivity index (χ1n) is 7.51. The maximum Gasteiger partial charge on any atom is 0.333 e. The molecular weight excluding hydrogens is 240 g/mol. The van der Waals surface area contributed by atoms with E-state index >= 15 is 0 Å². The van der Waals surface area contributed by atoms with Gasteiger partial charge in [0.05, 0.1) is 0 Å². The van der Waals surface area contributed by atoms with E-state index < -0.39 is 0 Å². The molecule has 4 bridgehead atoms. The van der Waals surface area contributed by atoms with Crippen molar-refractivity contribution in [3.8, 4) is 0 Å². The minimum atomic E-state index is -0.255. The third kappa shape index (κ3) is 2.12. The number of hydrogen-bond acceptors (Lipinski definition) is 3. The van der Waals surface area contributed by atoms with E-state index in [4.69, 9.17) is 4.74 Å². The third-order valence-electron chi connectivity index (χ3n) is 5.55. The number of aliphatic hydroxyl groups excluding tert-OH is 1. The van der Waals surface area contributed by atoms with E-state index in [0.717, 1.165) is 31.1 Å². The Bertz CT molecular complexity index is 387. The molecule has 4 rings (SSSR count). The van der Waals surface area contributed by atoms with E-state index in [2.05, 4.69) is 6.58 Å². The van der Waals surface area contributed by atoms with Crippen molar-refractivity contribution < 1.29 is 14.6 Å². The zero-order valence-corrected chi connectivity index (χ0v) is 11.7. The minimum absolute atomic E-state index is 0.0108. The largest absolute Gasteiger partial charge is 0.458 e. The normalized spacial score (nSPS) is 43.3. The van der Waals surface area contributed by atoms with Gasteiger partial charge in [-0.2, -0.15) is 0 Å². The molecule has 0 aromatic rings. The van der Waals surface area contributed by atoms with Gasteiger partial charge in [-0.05, 0) is 63.2 Å². The van der Waals surface area contributed by atoms with Crippen molar-refractivity contribution in [1.29, 1.82) is 0 Å². The maximum absolute atomic E-state index is 11.9. The number of hydrogen-bond donors (Lipinski definition) is 1. The number of carbonyl (C=O) groups excluding carboxylic acids is 1. The van der Waals surface area contributed by atoms with Gasteiger partial charge in [-0.15, -0.1) is 0 Å². The Morgan fingerprint density at radius 2 is 1.95 bits per heavy atom. The first kappa shape index (κ1) is 13.2. The third-order valence-corrected chi connectivity index (χ3v) is 5.55. The molecule has 0 aliphatic heterocycles. The first-order valence-corrected chi connectivity index (χ1v) is 7.51. The lowest BCUT2D eigenvalue weighted by molar-refractivity contribution is -0.193. The SMILES string of the molecule is C=C(C)C(=O)OC1C2CC3CC(C2)CC1(CCO)C3. The summed E-state index contributed by atoms with van der Waals surface area (Å²) in [6.07, 6.45) is 6.82. The molecule has 3 atom stereocenters. The molecule has 106 valence electrons. The van der Waals surface area contributed by atoms with Crippen molar-refractivity contribution in [2.24, 2.45) is 23.2 Å². The molecule has 3 heteroatoms. The van der Waals surface area contributed by atoms with Crippen molar-refractivity contribution in [2.45, 2.75) is 51.6 Å². The standard InChI is InChI=1S/C16H24O3/c1-10(2)15(18)19-14-13-6-11-5-12(7-13)9-16(14,8-11)3-4-17/h11-14,17H,1,3-9H2,2H3. The second-order valence-electron chi connectivity index (χ2n) is 7.05. The topological polar surface area (TPSA) is 46.5 Å². The number of esters is 1. The molecule has 0 spiro atoms. The highest BCUT2D eigenvalue weighted by Gasteiger charge is 2.58. The Morgan fingerprint density at radius 3 is 2.47 bits per heavy atom. The van der Waals surface area contributed by atoms with Gasteiger partial charge in [0.1, 0.15) is 6.10 Å². The van der Waals surface area contributed by atoms with Crippen molar-refractivity contribution in [3.63, 3.8) is 0 Å². The zero-order chi connectivity index (χ0) is 13.6. The van der Waals surface area contributed by atoms with E-state index in [-0.39, 0.29) is 24.1 Å². The van der Waals surface area contributed by atoms with Crippen LogP contribution < -0.4 is 0 Å². The van der Waals surface area contributed by atoms with E-state index in [1.165, 1.54) is 19.3 Å². The minimum Gasteiger partial charge on any atom is -0.458 e. The lowest BCUT2D eigenvalue weighted by Gasteiger charge is -2.60. The summed E-state index contributed by atoms with van der Waals surface area (Å²) in [7, 11) is 0. The summed E-state index contributed by atoms with van der Waals surface area (Å²) in [6, 6.07) is 0. The number of aliphatic hydroxyl groups is 1. The molecule has 0 heterocycles. The molecule has 4 aliphatic carbocycles. The molecular formula is C16H24O3. The molecule has 3 unspecified atom stereocenters. The van der Waals surface area contributed by atoms with Crippen LogP contribution in [0.2, 0.25) is 0 Å². The van der Waals surface area contributed by atoms with Gasteiger partial charge in [0, 0.05) is 17.6 Å². The van der Waals surface area contributed by atoms with Gasteiger partial charge >= 0.3 is 5.97 Å². The second-order valence-corrected chi connectivity index (χ2v) is 7.05. The lowest BCUT2D eigenvalue weighted by atomic mass is 9.47. The van der Waals surface area contributed by atoms with Crippen LogP contribution >= 0.6 is 0 Å². The highest BCUT2D eigenvalue weighted by atomic mass is 16.5. The molecule has 4 fully saturated rings. The predicted octanol–water partition coefficient (Wildman–Crippen LogP) is 2.68. The van der Waals surface area contributed by atoms with Crippen LogP contribution in [0.1, 0.15) is 45.4 Å². The Balaban J connectivity index is 1.84. The van der Waals surface area contributed by atoms with Crippen LogP contribution in [0.15, 0.2) is 12.2 Å². The van der Waals surface area contributed by atoms with Crippen LogP contribution in [0.3, 0.4) is 0 Å². The smallest absolute Gasteiger partial charge is 0.333 e. The van der Waals surface area contributed by atoms with Crippen molar-refractivity contribution in [3.05, 3.63) is 12.2 Å². The predicted molar refractivity (Wildman–Crippen MR) is 72.4 cm³/mol. The van der Waals surface area contributed by atoms with E-state index in [0.29, 0.717) is 11.5 Å². The molecule has 0 radical (unpaired) electrons. The molecule has 3 nitrogen and oxygen atoms in total. The Kier molecular flexibility index (Phi) is 3.20. The van der Waals surface area contributed by atoms with Crippen LogP contribution in [0.5, 0.6) is 0 Å². The van der Waals surface area contributed by atoms with Gasteiger partial charge in [0.2, 0.25) is 0 Å². The van der Waals surface area contributed by atoms with Gasteiger partial charge in [-0.1, -0.05) is 6.58 Å². The number of rotatable bonds is 4. The number of carbonyl (C=O) groups is 1. The maximum atomic E-state index is 11.9. The summed E-state index contributed by atoms with van der Waals surface area (Å²) < 4.78 is 5.80. The van der Waals surface area contributed by atoms with Gasteiger partial charge in [-0.25, -0.2) is 4.79 Å². The van der Waals surface area contributed by atoms with E-state index in [1.54, 1.807) is 6.92 Å². The molecule has 4 saturated carbocycles. The van der Waals surface area contributed by atoms with Crippen LogP contribution in [0.25, 0.3) is 0 Å². The lowest BCUT2D eigenvalue weighted by Crippen LogP contribution is -2.57. The first-order chi connectivity index (χ1) is 9.04. The highest BCUT2D eigenvalue weighted by molar-refractivity contribution is 5.87. The van der Waals surface area contributed by atoms with E-state index in [9.17, 15) is 9.90 Å². The molecule has 4 aliphatic rings. The van der Waals surface area contributed by atoms with Crippen LogP contribution in [-0.4, -0.2) is 23.8 Å². The monoisotopic (exact) mass is 264 g/mol. The molecule has 19 heavy (non-hydrogen) atoms. The van der Waals surface area contributed by atoms with Gasteiger partial charge in [0.25, 0.3) is 0 Å². The summed E-state index contributed by atoms with van der Waals surface area (Å²) in [6.45, 7) is 5.59. The zero-order valence-electron chi connectivity index (χ0n) is 11.7. The molecule has 1 N–H and O–H groups in total.